The maximum Gasteiger partial charge on any atom is 0.344 e. The third-order valence-corrected chi connectivity index (χ3v) is 1.90. The highest BCUT2D eigenvalue weighted by Gasteiger charge is 2.11. The number of ether oxygens (including phenoxy) is 1. The second-order valence-electron chi connectivity index (χ2n) is 3.11. The van der Waals surface area contributed by atoms with Crippen molar-refractivity contribution in [3.8, 4) is 5.75 Å². The number of carbonyl (C=O) groups is 2. The van der Waals surface area contributed by atoms with E-state index >= 15 is 0 Å². The van der Waals surface area contributed by atoms with E-state index < -0.39 is 12.1 Å². The minimum Gasteiger partial charge on any atom is -0.479 e. The van der Waals surface area contributed by atoms with Gasteiger partial charge in [-0.3, -0.25) is 0 Å². The number of aliphatic carboxylic acids is 1. The molecule has 1 aromatic carbocycles. The third kappa shape index (κ3) is 3.42. The summed E-state index contributed by atoms with van der Waals surface area (Å²) in [4.78, 5) is 20.7. The Kier molecular flexibility index (Phi) is 3.85. The molecule has 1 atom stereocenters. The van der Waals surface area contributed by atoms with Crippen molar-refractivity contribution in [2.24, 2.45) is 0 Å². The summed E-state index contributed by atoms with van der Waals surface area (Å²) in [6.07, 6.45) is 0.298. The molecule has 0 fully saturated rings. The second kappa shape index (κ2) is 5.14. The van der Waals surface area contributed by atoms with Gasteiger partial charge in [-0.25, -0.2) is 4.79 Å². The molecule has 0 heterocycles. The molecule has 0 amide bonds. The van der Waals surface area contributed by atoms with Crippen LogP contribution in [-0.2, 0) is 16.0 Å². The number of benzene rings is 1. The average Bonchev–Trinajstić information content (AvgIpc) is 2.21. The number of carboxylic acid groups (broad SMARTS) is 1. The van der Waals surface area contributed by atoms with Crippen LogP contribution in [0, 0.1) is 0 Å². The average molecular weight is 208 g/mol. The van der Waals surface area contributed by atoms with Crippen molar-refractivity contribution < 1.29 is 19.4 Å². The molecule has 0 radical (unpaired) electrons. The SMILES string of the molecule is CC(Oc1ccc(CC=O)cc1)C(=O)O. The highest BCUT2D eigenvalue weighted by Crippen LogP contribution is 2.13. The Hall–Kier alpha value is -1.84. The Bertz CT molecular complexity index is 342. The van der Waals surface area contributed by atoms with Gasteiger partial charge in [0.25, 0.3) is 0 Å². The monoisotopic (exact) mass is 208 g/mol. The van der Waals surface area contributed by atoms with E-state index in [1.807, 2.05) is 0 Å². The predicted octanol–water partition coefficient (Wildman–Crippen LogP) is 1.28. The fourth-order valence-corrected chi connectivity index (χ4v) is 1.05. The molecule has 1 unspecified atom stereocenters. The van der Waals surface area contributed by atoms with Gasteiger partial charge in [-0.15, -0.1) is 0 Å². The Labute approximate surface area is 87.5 Å². The summed E-state index contributed by atoms with van der Waals surface area (Å²) in [5.41, 5.74) is 0.875. The van der Waals surface area contributed by atoms with Crippen molar-refractivity contribution in [3.05, 3.63) is 29.8 Å². The lowest BCUT2D eigenvalue weighted by Gasteiger charge is -2.10. The van der Waals surface area contributed by atoms with Crippen molar-refractivity contribution in [2.45, 2.75) is 19.4 Å². The Morgan fingerprint density at radius 3 is 2.53 bits per heavy atom. The molecule has 0 aromatic heterocycles. The zero-order valence-corrected chi connectivity index (χ0v) is 8.34. The molecule has 0 saturated carbocycles. The van der Waals surface area contributed by atoms with Crippen LogP contribution in [0.15, 0.2) is 24.3 Å². The summed E-state index contributed by atoms with van der Waals surface area (Å²) in [6.45, 7) is 1.46. The first kappa shape index (κ1) is 11.2. The van der Waals surface area contributed by atoms with Crippen LogP contribution in [0.4, 0.5) is 0 Å². The largest absolute Gasteiger partial charge is 0.479 e. The molecule has 0 aliphatic rings. The summed E-state index contributed by atoms with van der Waals surface area (Å²) in [7, 11) is 0. The van der Waals surface area contributed by atoms with Crippen LogP contribution in [0.2, 0.25) is 0 Å². The van der Waals surface area contributed by atoms with Gasteiger partial charge in [-0.2, -0.15) is 0 Å². The third-order valence-electron chi connectivity index (χ3n) is 1.90. The quantitative estimate of drug-likeness (QED) is 0.740. The fourth-order valence-electron chi connectivity index (χ4n) is 1.05. The number of hydrogen-bond acceptors (Lipinski definition) is 3. The highest BCUT2D eigenvalue weighted by atomic mass is 16.5. The van der Waals surface area contributed by atoms with E-state index in [1.54, 1.807) is 24.3 Å². The van der Waals surface area contributed by atoms with Crippen LogP contribution in [-0.4, -0.2) is 23.5 Å². The van der Waals surface area contributed by atoms with E-state index in [1.165, 1.54) is 6.92 Å². The lowest BCUT2D eigenvalue weighted by atomic mass is 10.2. The molecular formula is C11H12O4. The van der Waals surface area contributed by atoms with Gasteiger partial charge in [0, 0.05) is 6.42 Å². The summed E-state index contributed by atoms with van der Waals surface area (Å²) >= 11 is 0. The van der Waals surface area contributed by atoms with E-state index in [2.05, 4.69) is 0 Å². The number of carbonyl (C=O) groups excluding carboxylic acids is 1. The van der Waals surface area contributed by atoms with Gasteiger partial charge in [0.1, 0.15) is 12.0 Å². The van der Waals surface area contributed by atoms with Gasteiger partial charge in [0.15, 0.2) is 6.10 Å². The molecule has 0 bridgehead atoms. The van der Waals surface area contributed by atoms with E-state index in [4.69, 9.17) is 9.84 Å². The Morgan fingerprint density at radius 1 is 1.47 bits per heavy atom. The van der Waals surface area contributed by atoms with E-state index in [9.17, 15) is 9.59 Å². The molecule has 0 spiro atoms. The molecule has 0 saturated heterocycles. The topological polar surface area (TPSA) is 63.6 Å². The smallest absolute Gasteiger partial charge is 0.344 e. The number of carboxylic acids is 1. The minimum atomic E-state index is -1.01. The second-order valence-corrected chi connectivity index (χ2v) is 3.11. The van der Waals surface area contributed by atoms with Crippen molar-refractivity contribution in [2.75, 3.05) is 0 Å². The van der Waals surface area contributed by atoms with Crippen LogP contribution < -0.4 is 4.74 Å². The maximum absolute atomic E-state index is 10.5. The molecule has 0 aliphatic heterocycles. The van der Waals surface area contributed by atoms with E-state index in [0.717, 1.165) is 11.8 Å². The van der Waals surface area contributed by atoms with Crippen LogP contribution in [0.5, 0.6) is 5.75 Å². The van der Waals surface area contributed by atoms with Crippen molar-refractivity contribution in [3.63, 3.8) is 0 Å². The molecule has 4 heteroatoms. The molecule has 0 aliphatic carbocycles. The normalized spacial score (nSPS) is 11.8. The molecular weight excluding hydrogens is 196 g/mol. The summed E-state index contributed by atoms with van der Waals surface area (Å²) in [5, 5.41) is 8.61. The van der Waals surface area contributed by atoms with Gasteiger partial charge in [-0.1, -0.05) is 12.1 Å². The van der Waals surface area contributed by atoms with Crippen LogP contribution in [0.1, 0.15) is 12.5 Å². The van der Waals surface area contributed by atoms with Gasteiger partial charge < -0.3 is 14.6 Å². The number of hydrogen-bond donors (Lipinski definition) is 1. The first-order chi connectivity index (χ1) is 7.13. The van der Waals surface area contributed by atoms with E-state index in [0.29, 0.717) is 12.2 Å². The summed E-state index contributed by atoms with van der Waals surface area (Å²) in [5.74, 6) is -0.522. The predicted molar refractivity (Wildman–Crippen MR) is 53.9 cm³/mol. The summed E-state index contributed by atoms with van der Waals surface area (Å²) in [6, 6.07) is 6.77. The van der Waals surface area contributed by atoms with Gasteiger partial charge in [-0.05, 0) is 24.6 Å². The van der Waals surface area contributed by atoms with Gasteiger partial charge in [0.2, 0.25) is 0 Å². The number of rotatable bonds is 5. The molecule has 1 rings (SSSR count). The zero-order chi connectivity index (χ0) is 11.3. The summed E-state index contributed by atoms with van der Waals surface area (Å²) < 4.78 is 5.12. The Balaban J connectivity index is 2.64. The van der Waals surface area contributed by atoms with Gasteiger partial charge in [0.05, 0.1) is 0 Å². The molecule has 80 valence electrons. The van der Waals surface area contributed by atoms with Crippen molar-refractivity contribution in [1.82, 2.24) is 0 Å². The lowest BCUT2D eigenvalue weighted by molar-refractivity contribution is -0.144. The standard InChI is InChI=1S/C11H12O4/c1-8(11(13)14)15-10-4-2-9(3-5-10)6-7-12/h2-5,7-8H,6H2,1H3,(H,13,14). The van der Waals surface area contributed by atoms with Crippen molar-refractivity contribution in [1.29, 1.82) is 0 Å². The van der Waals surface area contributed by atoms with Gasteiger partial charge >= 0.3 is 5.97 Å². The molecule has 1 aromatic rings. The molecule has 4 nitrogen and oxygen atoms in total. The highest BCUT2D eigenvalue weighted by molar-refractivity contribution is 5.72. The first-order valence-electron chi connectivity index (χ1n) is 4.55. The van der Waals surface area contributed by atoms with E-state index in [-0.39, 0.29) is 0 Å². The molecule has 15 heavy (non-hydrogen) atoms. The van der Waals surface area contributed by atoms with Crippen LogP contribution in [0.3, 0.4) is 0 Å². The maximum atomic E-state index is 10.5. The minimum absolute atomic E-state index is 0.356. The zero-order valence-electron chi connectivity index (χ0n) is 8.34. The van der Waals surface area contributed by atoms with Crippen molar-refractivity contribution >= 4 is 12.3 Å². The molecule has 1 N–H and O–H groups in total. The van der Waals surface area contributed by atoms with Crippen LogP contribution in [0.25, 0.3) is 0 Å². The fraction of sp³-hybridized carbons (Fsp3) is 0.273. The lowest BCUT2D eigenvalue weighted by Crippen LogP contribution is -2.22. The first-order valence-corrected chi connectivity index (χ1v) is 4.55. The Morgan fingerprint density at radius 2 is 2.07 bits per heavy atom. The van der Waals surface area contributed by atoms with Crippen LogP contribution >= 0.6 is 0 Å². The number of aldehydes is 1.